The van der Waals surface area contributed by atoms with Crippen LogP contribution in [0.15, 0.2) is 43.2 Å². The van der Waals surface area contributed by atoms with Crippen molar-refractivity contribution in [1.29, 1.82) is 5.26 Å². The van der Waals surface area contributed by atoms with E-state index >= 15 is 4.39 Å². The topological polar surface area (TPSA) is 139 Å². The maximum Gasteiger partial charge on any atom is 0.318 e. The van der Waals surface area contributed by atoms with E-state index in [1.807, 2.05) is 19.1 Å². The number of rotatable bonds is 5. The lowest BCUT2D eigenvalue weighted by molar-refractivity contribution is 0.193. The fourth-order valence-corrected chi connectivity index (χ4v) is 8.67. The van der Waals surface area contributed by atoms with Crippen LogP contribution in [0.1, 0.15) is 37.3 Å². The molecule has 264 valence electrons. The second kappa shape index (κ2) is 13.7. The smallest absolute Gasteiger partial charge is 0.318 e. The van der Waals surface area contributed by atoms with Gasteiger partial charge >= 0.3 is 6.01 Å². The molecule has 6 heterocycles. The van der Waals surface area contributed by atoms with Crippen LogP contribution >= 0.6 is 22.9 Å². The molecular formula is C36H34ClF3N8O2S. The SMILES string of the molecule is C=CN1c2nc(OC)nc3c(F)c(-c4ccc(F)c5sc(N)c(C#N)c45)c(Cl)c(c23)OC(C)C1Cc1ccnc(N)c1.FC1CC2CCCN2C1. The largest absolute Gasteiger partial charge is 0.486 e. The number of nitrogen functional groups attached to an aromatic ring is 2. The van der Waals surface area contributed by atoms with E-state index in [0.29, 0.717) is 24.8 Å². The van der Waals surface area contributed by atoms with Gasteiger partial charge in [-0.3, -0.25) is 4.90 Å². The number of thiophene rings is 1. The number of hydrogen-bond donors (Lipinski definition) is 2. The van der Waals surface area contributed by atoms with E-state index in [4.69, 9.17) is 32.5 Å². The molecule has 51 heavy (non-hydrogen) atoms. The summed E-state index contributed by atoms with van der Waals surface area (Å²) >= 11 is 7.88. The average Bonchev–Trinajstić information content (AvgIpc) is 3.78. The first-order valence-electron chi connectivity index (χ1n) is 16.4. The van der Waals surface area contributed by atoms with Gasteiger partial charge in [-0.2, -0.15) is 15.2 Å². The standard InChI is InChI=1S/C29H22ClF2N7O2S.C7H12FN/c1-4-39-17(9-13-7-8-36-18(34)10-13)12(2)41-25-21-24(37-29(40-3)38-28(21)39)23(32)20(22(25)30)14-5-6-16(31)26-19(14)15(11-33)27(35)42-26;8-6-4-7-2-1-3-9(7)5-6/h4-8,10,12,17H,1,9,35H2,2-3H3,(H2,34,36);6-7H,1-5H2. The summed E-state index contributed by atoms with van der Waals surface area (Å²) < 4.78 is 56.1. The van der Waals surface area contributed by atoms with Crippen LogP contribution in [0.5, 0.6) is 11.8 Å². The van der Waals surface area contributed by atoms with E-state index in [1.54, 1.807) is 23.4 Å². The van der Waals surface area contributed by atoms with Gasteiger partial charge in [0.2, 0.25) is 0 Å². The van der Waals surface area contributed by atoms with Gasteiger partial charge in [-0.25, -0.2) is 18.2 Å². The Kier molecular flexibility index (Phi) is 9.30. The maximum absolute atomic E-state index is 16.7. The first-order valence-corrected chi connectivity index (χ1v) is 17.6. The third-order valence-electron chi connectivity index (χ3n) is 9.72. The molecular weight excluding hydrogens is 701 g/mol. The normalized spacial score (nSPS) is 21.1. The number of anilines is 3. The molecule has 15 heteroatoms. The predicted molar refractivity (Wildman–Crippen MR) is 194 cm³/mol. The molecule has 0 radical (unpaired) electrons. The highest BCUT2D eigenvalue weighted by Crippen LogP contribution is 2.51. The molecule has 2 aromatic carbocycles. The van der Waals surface area contributed by atoms with Gasteiger partial charge in [-0.1, -0.05) is 24.2 Å². The third kappa shape index (κ3) is 6.03. The summed E-state index contributed by atoms with van der Waals surface area (Å²) in [6.45, 7) is 7.69. The van der Waals surface area contributed by atoms with E-state index in [9.17, 15) is 14.0 Å². The second-order valence-electron chi connectivity index (χ2n) is 12.7. The molecule has 3 aliphatic heterocycles. The van der Waals surface area contributed by atoms with E-state index in [2.05, 4.69) is 26.4 Å². The number of fused-ring (bicyclic) bond motifs is 2. The van der Waals surface area contributed by atoms with Crippen LogP contribution in [0.2, 0.25) is 5.02 Å². The zero-order chi connectivity index (χ0) is 36.1. The van der Waals surface area contributed by atoms with Gasteiger partial charge in [0.1, 0.15) is 40.5 Å². The van der Waals surface area contributed by atoms with E-state index < -0.39 is 30.0 Å². The summed E-state index contributed by atoms with van der Waals surface area (Å²) in [5.74, 6) is -0.675. The number of nitriles is 1. The van der Waals surface area contributed by atoms with Crippen molar-refractivity contribution < 1.29 is 22.6 Å². The Morgan fingerprint density at radius 3 is 2.75 bits per heavy atom. The zero-order valence-electron chi connectivity index (χ0n) is 27.8. The first-order chi connectivity index (χ1) is 24.5. The van der Waals surface area contributed by atoms with Crippen LogP contribution in [0.4, 0.5) is 29.8 Å². The van der Waals surface area contributed by atoms with E-state index in [1.165, 1.54) is 32.1 Å². The highest BCUT2D eigenvalue weighted by Gasteiger charge is 2.37. The van der Waals surface area contributed by atoms with Crippen molar-refractivity contribution in [2.24, 2.45) is 0 Å². The van der Waals surface area contributed by atoms with Crippen LogP contribution in [0.3, 0.4) is 0 Å². The molecule has 10 nitrogen and oxygen atoms in total. The molecule has 0 aliphatic carbocycles. The van der Waals surface area contributed by atoms with E-state index in [-0.39, 0.29) is 65.3 Å². The van der Waals surface area contributed by atoms with Crippen LogP contribution < -0.4 is 25.8 Å². The van der Waals surface area contributed by atoms with Crippen molar-refractivity contribution in [2.45, 2.75) is 57.0 Å². The number of nitrogens with two attached hydrogens (primary N) is 2. The molecule has 4 unspecified atom stereocenters. The summed E-state index contributed by atoms with van der Waals surface area (Å²) in [6.07, 6.45) is 5.89. The van der Waals surface area contributed by atoms with Crippen molar-refractivity contribution in [2.75, 3.05) is 36.6 Å². The highest BCUT2D eigenvalue weighted by atomic mass is 35.5. The van der Waals surface area contributed by atoms with Gasteiger partial charge in [0.25, 0.3) is 0 Å². The van der Waals surface area contributed by atoms with Crippen LogP contribution in [-0.4, -0.2) is 64.4 Å². The average molecular weight is 735 g/mol. The second-order valence-corrected chi connectivity index (χ2v) is 14.2. The molecule has 4 N–H and O–H groups in total. The van der Waals surface area contributed by atoms with Crippen molar-refractivity contribution in [1.82, 2.24) is 19.9 Å². The molecule has 0 saturated carbocycles. The van der Waals surface area contributed by atoms with Crippen molar-refractivity contribution in [3.63, 3.8) is 0 Å². The van der Waals surface area contributed by atoms with Gasteiger partial charge in [0.05, 0.1) is 33.8 Å². The van der Waals surface area contributed by atoms with Gasteiger partial charge in [-0.05, 0) is 74.7 Å². The Bertz CT molecular complexity index is 2220. The number of methoxy groups -OCH3 is 1. The number of aromatic nitrogens is 3. The van der Waals surface area contributed by atoms with Crippen molar-refractivity contribution in [3.8, 4) is 29.0 Å². The summed E-state index contributed by atoms with van der Waals surface area (Å²) in [7, 11) is 1.37. The Balaban J connectivity index is 0.000000389. The molecule has 0 amide bonds. The summed E-state index contributed by atoms with van der Waals surface area (Å²) in [5, 5.41) is 10.2. The van der Waals surface area contributed by atoms with Gasteiger partial charge in [0, 0.05) is 29.7 Å². The number of benzene rings is 2. The molecule has 3 aromatic heterocycles. The van der Waals surface area contributed by atoms with Gasteiger partial charge < -0.3 is 25.8 Å². The number of halogens is 4. The fraction of sp³-hybridized carbons (Fsp3) is 0.333. The highest BCUT2D eigenvalue weighted by molar-refractivity contribution is 7.23. The lowest BCUT2D eigenvalue weighted by Gasteiger charge is -2.32. The number of pyridine rings is 1. The van der Waals surface area contributed by atoms with Crippen molar-refractivity contribution >= 4 is 60.6 Å². The fourth-order valence-electron chi connectivity index (χ4n) is 7.39. The molecule has 5 aromatic rings. The minimum Gasteiger partial charge on any atom is -0.486 e. The Morgan fingerprint density at radius 2 is 2.04 bits per heavy atom. The third-order valence-corrected chi connectivity index (χ3v) is 11.1. The lowest BCUT2D eigenvalue weighted by Crippen LogP contribution is -2.43. The monoisotopic (exact) mass is 734 g/mol. The molecule has 2 fully saturated rings. The Morgan fingerprint density at radius 1 is 1.24 bits per heavy atom. The molecule has 2 saturated heterocycles. The number of hydrogen-bond acceptors (Lipinski definition) is 11. The van der Waals surface area contributed by atoms with Crippen LogP contribution in [0, 0.1) is 23.0 Å². The molecule has 8 rings (SSSR count). The number of alkyl halides is 1. The molecule has 3 aliphatic rings. The first kappa shape index (κ1) is 34.6. The number of ether oxygens (including phenoxy) is 2. The predicted octanol–water partition coefficient (Wildman–Crippen LogP) is 7.42. The zero-order valence-corrected chi connectivity index (χ0v) is 29.4. The van der Waals surface area contributed by atoms with Crippen LogP contribution in [0.25, 0.3) is 32.1 Å². The Labute approximate surface area is 301 Å². The minimum atomic E-state index is -0.831. The van der Waals surface area contributed by atoms with Gasteiger partial charge in [0.15, 0.2) is 17.4 Å². The summed E-state index contributed by atoms with van der Waals surface area (Å²) in [5.41, 5.74) is 12.8. The molecule has 0 spiro atoms. The Hall–Kier alpha value is -4.84. The summed E-state index contributed by atoms with van der Waals surface area (Å²) in [4.78, 5) is 17.0. The lowest BCUT2D eigenvalue weighted by atomic mass is 9.96. The van der Waals surface area contributed by atoms with Crippen LogP contribution in [-0.2, 0) is 6.42 Å². The van der Waals surface area contributed by atoms with Crippen molar-refractivity contribution in [3.05, 3.63) is 71.0 Å². The van der Waals surface area contributed by atoms with E-state index in [0.717, 1.165) is 29.9 Å². The minimum absolute atomic E-state index is 0.0238. The quantitative estimate of drug-likeness (QED) is 0.188. The molecule has 4 atom stereocenters. The van der Waals surface area contributed by atoms with Gasteiger partial charge in [-0.15, -0.1) is 11.3 Å². The number of nitrogens with zero attached hydrogens (tertiary/aromatic N) is 6. The maximum atomic E-state index is 16.7. The molecule has 0 bridgehead atoms. The summed E-state index contributed by atoms with van der Waals surface area (Å²) in [6, 6.07) is 8.24.